The van der Waals surface area contributed by atoms with Crippen molar-refractivity contribution in [3.63, 3.8) is 0 Å². The van der Waals surface area contributed by atoms with E-state index in [2.05, 4.69) is 31.9 Å². The molecule has 1 aliphatic rings. The second-order valence-corrected chi connectivity index (χ2v) is 8.42. The van der Waals surface area contributed by atoms with Crippen molar-refractivity contribution in [2.45, 2.75) is 32.4 Å². The molecule has 0 bridgehead atoms. The normalized spacial score (nSPS) is 15.8. The molecule has 0 radical (unpaired) electrons. The molecule has 0 aliphatic carbocycles. The first kappa shape index (κ1) is 22.1. The smallest absolute Gasteiger partial charge is 0.227 e. The van der Waals surface area contributed by atoms with Crippen LogP contribution in [0.3, 0.4) is 0 Å². The summed E-state index contributed by atoms with van der Waals surface area (Å²) in [5.74, 6) is 1.01. The third-order valence-corrected chi connectivity index (χ3v) is 5.89. The van der Waals surface area contributed by atoms with E-state index in [4.69, 9.17) is 16.6 Å². The number of carbonyl (C=O) groups is 2. The highest BCUT2D eigenvalue weighted by Crippen LogP contribution is 2.28. The minimum absolute atomic E-state index is 0.0226. The van der Waals surface area contributed by atoms with Gasteiger partial charge in [0, 0.05) is 45.4 Å². The number of aromatic nitrogens is 3. The Hall–Kier alpha value is -3.13. The molecule has 1 saturated heterocycles. The molecule has 0 unspecified atom stereocenters. The molecule has 8 nitrogen and oxygen atoms in total. The highest BCUT2D eigenvalue weighted by molar-refractivity contribution is 6.19. The van der Waals surface area contributed by atoms with Crippen LogP contribution in [0.1, 0.15) is 25.3 Å². The largest absolute Gasteiger partial charge is 0.352 e. The molecular formula is C23H27ClN6O2. The molecule has 1 aromatic carbocycles. The first-order valence-corrected chi connectivity index (χ1v) is 11.2. The van der Waals surface area contributed by atoms with Crippen molar-refractivity contribution in [1.82, 2.24) is 19.9 Å². The lowest BCUT2D eigenvalue weighted by molar-refractivity contribution is -0.119. The van der Waals surface area contributed by atoms with Crippen molar-refractivity contribution in [3.05, 3.63) is 48.2 Å². The van der Waals surface area contributed by atoms with Gasteiger partial charge in [0.15, 0.2) is 5.65 Å². The second kappa shape index (κ2) is 9.56. The number of amides is 2. The van der Waals surface area contributed by atoms with E-state index in [1.54, 1.807) is 25.1 Å². The lowest BCUT2D eigenvalue weighted by Crippen LogP contribution is -2.36. The third kappa shape index (κ3) is 4.70. The maximum absolute atomic E-state index is 12.3. The monoisotopic (exact) mass is 454 g/mol. The Morgan fingerprint density at radius 3 is 2.78 bits per heavy atom. The fourth-order valence-corrected chi connectivity index (χ4v) is 4.23. The van der Waals surface area contributed by atoms with E-state index in [9.17, 15) is 9.59 Å². The Kier molecular flexibility index (Phi) is 6.60. The first-order valence-electron chi connectivity index (χ1n) is 10.7. The number of hydrogen-bond acceptors (Lipinski definition) is 5. The number of nitrogens with zero attached hydrogens (tertiary/aromatic N) is 5. The van der Waals surface area contributed by atoms with Gasteiger partial charge in [-0.25, -0.2) is 4.98 Å². The Balaban J connectivity index is 1.73. The van der Waals surface area contributed by atoms with E-state index >= 15 is 0 Å². The summed E-state index contributed by atoms with van der Waals surface area (Å²) >= 11 is 5.75. The zero-order valence-electron chi connectivity index (χ0n) is 18.3. The van der Waals surface area contributed by atoms with Crippen LogP contribution in [0.4, 0.5) is 11.6 Å². The fraction of sp³-hybridized carbons (Fsp3) is 0.391. The van der Waals surface area contributed by atoms with Crippen LogP contribution in [-0.4, -0.2) is 58.4 Å². The third-order valence-electron chi connectivity index (χ3n) is 5.70. The van der Waals surface area contributed by atoms with Gasteiger partial charge in [-0.2, -0.15) is 4.98 Å². The summed E-state index contributed by atoms with van der Waals surface area (Å²) in [6.45, 7) is 3.65. The number of halogens is 1. The van der Waals surface area contributed by atoms with Crippen molar-refractivity contribution in [1.29, 1.82) is 0 Å². The van der Waals surface area contributed by atoms with Gasteiger partial charge in [0.2, 0.25) is 17.8 Å². The average molecular weight is 455 g/mol. The van der Waals surface area contributed by atoms with Crippen molar-refractivity contribution < 1.29 is 9.59 Å². The molecule has 1 atom stereocenters. The summed E-state index contributed by atoms with van der Waals surface area (Å²) < 4.78 is 2.14. The van der Waals surface area contributed by atoms with E-state index in [1.165, 1.54) is 0 Å². The fourth-order valence-electron chi connectivity index (χ4n) is 4.07. The molecule has 2 aromatic heterocycles. The molecule has 2 amide bonds. The number of anilines is 2. The zero-order chi connectivity index (χ0) is 22.7. The van der Waals surface area contributed by atoms with E-state index < -0.39 is 0 Å². The van der Waals surface area contributed by atoms with Crippen LogP contribution < -0.4 is 15.1 Å². The summed E-state index contributed by atoms with van der Waals surface area (Å²) in [5.41, 5.74) is 3.32. The van der Waals surface area contributed by atoms with Crippen LogP contribution in [-0.2, 0) is 16.1 Å². The molecule has 168 valence electrons. The predicted octanol–water partition coefficient (Wildman–Crippen LogP) is 2.79. The molecule has 0 spiro atoms. The number of fused-ring (bicyclic) bond motifs is 1. The quantitative estimate of drug-likeness (QED) is 0.555. The Morgan fingerprint density at radius 1 is 1.28 bits per heavy atom. The number of imidazole rings is 1. The number of nitrogens with one attached hydrogen (secondary N) is 1. The number of carbonyl (C=O) groups excluding carboxylic acids is 2. The first-order chi connectivity index (χ1) is 15.5. The molecule has 4 rings (SSSR count). The Bertz CT molecular complexity index is 1120. The van der Waals surface area contributed by atoms with Crippen LogP contribution in [0.5, 0.6) is 0 Å². The maximum Gasteiger partial charge on any atom is 0.227 e. The Morgan fingerprint density at radius 2 is 2.06 bits per heavy atom. The van der Waals surface area contributed by atoms with Gasteiger partial charge in [-0.1, -0.05) is 30.3 Å². The summed E-state index contributed by atoms with van der Waals surface area (Å²) in [6, 6.07) is 12.2. The standard InChI is InChI=1S/C23H27ClN6O2/c1-16(31)26-18-9-11-29(15-18)23-27-22-20(30(23)14-17-6-4-3-5-7-17)12-19(13-25-22)28(2)21(32)8-10-24/h3-7,12-13,18H,8-11,14-15H2,1-2H3,(H,26,31)/t18-/m1/s1. The average Bonchev–Trinajstić information content (AvgIpc) is 3.38. The maximum atomic E-state index is 12.3. The summed E-state index contributed by atoms with van der Waals surface area (Å²) in [7, 11) is 1.73. The van der Waals surface area contributed by atoms with Crippen molar-refractivity contribution in [2.24, 2.45) is 0 Å². The molecule has 1 N–H and O–H groups in total. The van der Waals surface area contributed by atoms with Gasteiger partial charge in [-0.3, -0.25) is 9.59 Å². The van der Waals surface area contributed by atoms with Gasteiger partial charge >= 0.3 is 0 Å². The lowest BCUT2D eigenvalue weighted by atomic mass is 10.2. The molecule has 0 saturated carbocycles. The number of alkyl halides is 1. The van der Waals surface area contributed by atoms with Gasteiger partial charge < -0.3 is 19.7 Å². The number of pyridine rings is 1. The summed E-state index contributed by atoms with van der Waals surface area (Å²) in [4.78, 5) is 37.0. The number of benzene rings is 1. The number of rotatable bonds is 7. The second-order valence-electron chi connectivity index (χ2n) is 8.04. The minimum atomic E-state index is -0.0619. The predicted molar refractivity (Wildman–Crippen MR) is 126 cm³/mol. The molecule has 32 heavy (non-hydrogen) atoms. The topological polar surface area (TPSA) is 83.4 Å². The summed E-state index contributed by atoms with van der Waals surface area (Å²) in [5, 5.41) is 3.00. The Labute approximate surface area is 192 Å². The molecule has 9 heteroatoms. The highest BCUT2D eigenvalue weighted by atomic mass is 35.5. The molecule has 1 aliphatic heterocycles. The highest BCUT2D eigenvalue weighted by Gasteiger charge is 2.28. The van der Waals surface area contributed by atoms with Crippen LogP contribution >= 0.6 is 11.6 Å². The van der Waals surface area contributed by atoms with Gasteiger partial charge in [-0.15, -0.1) is 11.6 Å². The van der Waals surface area contributed by atoms with Gasteiger partial charge in [0.25, 0.3) is 0 Å². The summed E-state index contributed by atoms with van der Waals surface area (Å²) in [6.07, 6.45) is 2.80. The van der Waals surface area contributed by atoms with Gasteiger partial charge in [0.05, 0.1) is 23.9 Å². The van der Waals surface area contributed by atoms with Crippen LogP contribution in [0, 0.1) is 0 Å². The van der Waals surface area contributed by atoms with Crippen LogP contribution in [0.2, 0.25) is 0 Å². The number of hydrogen-bond donors (Lipinski definition) is 1. The van der Waals surface area contributed by atoms with E-state index in [-0.39, 0.29) is 30.2 Å². The molecule has 1 fully saturated rings. The van der Waals surface area contributed by atoms with E-state index in [0.717, 1.165) is 30.0 Å². The zero-order valence-corrected chi connectivity index (χ0v) is 19.0. The van der Waals surface area contributed by atoms with Crippen molar-refractivity contribution >= 4 is 46.2 Å². The van der Waals surface area contributed by atoms with E-state index in [0.29, 0.717) is 24.4 Å². The molecule has 3 heterocycles. The molecule has 3 aromatic rings. The van der Waals surface area contributed by atoms with Crippen LogP contribution in [0.15, 0.2) is 42.6 Å². The lowest BCUT2D eigenvalue weighted by Gasteiger charge is -2.20. The van der Waals surface area contributed by atoms with Gasteiger partial charge in [0.1, 0.15) is 0 Å². The minimum Gasteiger partial charge on any atom is -0.352 e. The van der Waals surface area contributed by atoms with Crippen LogP contribution in [0.25, 0.3) is 11.2 Å². The van der Waals surface area contributed by atoms with Crippen molar-refractivity contribution in [3.8, 4) is 0 Å². The van der Waals surface area contributed by atoms with Gasteiger partial charge in [-0.05, 0) is 18.1 Å². The van der Waals surface area contributed by atoms with E-state index in [1.807, 2.05) is 24.3 Å². The van der Waals surface area contributed by atoms with Crippen molar-refractivity contribution in [2.75, 3.05) is 35.8 Å². The SMILES string of the molecule is CC(=O)N[C@@H]1CCN(c2nc3ncc(N(C)C(=O)CCCl)cc3n2Cc2ccccc2)C1. The molecular weight excluding hydrogens is 428 g/mol.